The lowest BCUT2D eigenvalue weighted by molar-refractivity contribution is -0.140. The molecule has 8 heteroatoms. The Morgan fingerprint density at radius 1 is 1.36 bits per heavy atom. The molecule has 2 rings (SSSR count). The third kappa shape index (κ3) is 3.16. The molecule has 2 atom stereocenters. The van der Waals surface area contributed by atoms with Crippen molar-refractivity contribution in [3.05, 3.63) is 35.9 Å². The molecule has 0 saturated heterocycles. The van der Waals surface area contributed by atoms with E-state index in [0.29, 0.717) is 5.56 Å². The number of aromatic nitrogens is 4. The van der Waals surface area contributed by atoms with Crippen LogP contribution >= 0.6 is 0 Å². The van der Waals surface area contributed by atoms with Crippen molar-refractivity contribution in [3.63, 3.8) is 0 Å². The topological polar surface area (TPSA) is 102 Å². The summed E-state index contributed by atoms with van der Waals surface area (Å²) in [5.74, 6) is -1.31. The molecule has 1 amide bonds. The molecule has 0 spiro atoms. The number of rotatable bonds is 6. The highest BCUT2D eigenvalue weighted by Gasteiger charge is 2.19. The average molecular weight is 305 g/mol. The average Bonchev–Trinajstić information content (AvgIpc) is 3.14. The Hall–Kier alpha value is -2.64. The van der Waals surface area contributed by atoms with Crippen LogP contribution in [0.5, 0.6) is 0 Å². The molecule has 2 aromatic heterocycles. The molecule has 118 valence electrons. The summed E-state index contributed by atoms with van der Waals surface area (Å²) in [6.45, 7) is 6.06. The van der Waals surface area contributed by atoms with Gasteiger partial charge in [0.05, 0.1) is 23.5 Å². The van der Waals surface area contributed by atoms with Gasteiger partial charge in [-0.2, -0.15) is 10.2 Å². The Bertz CT molecular complexity index is 676. The number of aliphatic carboxylic acids is 1. The number of carboxylic acids is 1. The van der Waals surface area contributed by atoms with Crippen molar-refractivity contribution in [1.29, 1.82) is 0 Å². The van der Waals surface area contributed by atoms with Crippen LogP contribution in [0, 0.1) is 0 Å². The van der Waals surface area contributed by atoms with E-state index in [-0.39, 0.29) is 11.9 Å². The molecule has 2 aromatic rings. The van der Waals surface area contributed by atoms with Crippen molar-refractivity contribution in [3.8, 4) is 0 Å². The van der Waals surface area contributed by atoms with Gasteiger partial charge in [-0.1, -0.05) is 0 Å². The molecule has 0 aromatic carbocycles. The normalized spacial score (nSPS) is 13.6. The Morgan fingerprint density at radius 3 is 2.73 bits per heavy atom. The van der Waals surface area contributed by atoms with Crippen molar-refractivity contribution in [1.82, 2.24) is 24.9 Å². The number of carbonyl (C=O) groups excluding carboxylic acids is 1. The highest BCUT2D eigenvalue weighted by molar-refractivity contribution is 5.94. The standard InChI is InChI=1S/C14H19N5O3/c1-4-18-12(5-6-15-18)9(2)17-13(20)11-7-16-19(8-11)10(3)14(21)22/h5-10H,4H2,1-3H3,(H,17,20)(H,21,22). The summed E-state index contributed by atoms with van der Waals surface area (Å²) < 4.78 is 3.05. The van der Waals surface area contributed by atoms with Crippen LogP contribution in [-0.4, -0.2) is 36.5 Å². The van der Waals surface area contributed by atoms with E-state index in [2.05, 4.69) is 15.5 Å². The van der Waals surface area contributed by atoms with Crippen LogP contribution < -0.4 is 5.32 Å². The fraction of sp³-hybridized carbons (Fsp3) is 0.429. The maximum absolute atomic E-state index is 12.2. The number of nitrogens with zero attached hydrogens (tertiary/aromatic N) is 4. The van der Waals surface area contributed by atoms with E-state index in [1.165, 1.54) is 24.0 Å². The molecule has 0 aliphatic heterocycles. The van der Waals surface area contributed by atoms with Crippen molar-refractivity contribution < 1.29 is 14.7 Å². The molecular formula is C14H19N5O3. The van der Waals surface area contributed by atoms with Crippen LogP contribution in [0.15, 0.2) is 24.7 Å². The highest BCUT2D eigenvalue weighted by atomic mass is 16.4. The lowest BCUT2D eigenvalue weighted by Crippen LogP contribution is -2.28. The van der Waals surface area contributed by atoms with E-state index >= 15 is 0 Å². The summed E-state index contributed by atoms with van der Waals surface area (Å²) in [4.78, 5) is 23.1. The van der Waals surface area contributed by atoms with E-state index < -0.39 is 12.0 Å². The van der Waals surface area contributed by atoms with Gasteiger partial charge in [0.15, 0.2) is 0 Å². The molecule has 8 nitrogen and oxygen atoms in total. The van der Waals surface area contributed by atoms with E-state index in [0.717, 1.165) is 12.2 Å². The molecule has 2 unspecified atom stereocenters. The fourth-order valence-electron chi connectivity index (χ4n) is 2.11. The largest absolute Gasteiger partial charge is 0.480 e. The van der Waals surface area contributed by atoms with Crippen molar-refractivity contribution in [2.45, 2.75) is 39.4 Å². The minimum atomic E-state index is -1.00. The lowest BCUT2D eigenvalue weighted by Gasteiger charge is -2.14. The zero-order valence-corrected chi connectivity index (χ0v) is 12.7. The van der Waals surface area contributed by atoms with E-state index in [1.54, 1.807) is 10.9 Å². The highest BCUT2D eigenvalue weighted by Crippen LogP contribution is 2.13. The monoisotopic (exact) mass is 305 g/mol. The minimum Gasteiger partial charge on any atom is -0.480 e. The third-order valence-corrected chi connectivity index (χ3v) is 3.46. The van der Waals surface area contributed by atoms with Crippen LogP contribution in [0.4, 0.5) is 0 Å². The van der Waals surface area contributed by atoms with Gasteiger partial charge in [-0.3, -0.25) is 14.2 Å². The zero-order valence-electron chi connectivity index (χ0n) is 12.7. The van der Waals surface area contributed by atoms with E-state index in [9.17, 15) is 9.59 Å². The first-order valence-corrected chi connectivity index (χ1v) is 7.03. The van der Waals surface area contributed by atoms with Gasteiger partial charge in [0.1, 0.15) is 6.04 Å². The Kier molecular flexibility index (Phi) is 4.59. The van der Waals surface area contributed by atoms with Crippen LogP contribution in [0.1, 0.15) is 48.9 Å². The maximum atomic E-state index is 12.2. The van der Waals surface area contributed by atoms with Crippen LogP contribution in [0.3, 0.4) is 0 Å². The van der Waals surface area contributed by atoms with E-state index in [4.69, 9.17) is 5.11 Å². The summed E-state index contributed by atoms with van der Waals surface area (Å²) >= 11 is 0. The summed E-state index contributed by atoms with van der Waals surface area (Å²) in [5, 5.41) is 19.9. The second-order valence-corrected chi connectivity index (χ2v) is 4.99. The van der Waals surface area contributed by atoms with E-state index in [1.807, 2.05) is 19.9 Å². The lowest BCUT2D eigenvalue weighted by atomic mass is 10.2. The molecule has 0 aliphatic carbocycles. The second-order valence-electron chi connectivity index (χ2n) is 4.99. The molecule has 22 heavy (non-hydrogen) atoms. The van der Waals surface area contributed by atoms with Crippen LogP contribution in [0.2, 0.25) is 0 Å². The zero-order chi connectivity index (χ0) is 16.3. The molecule has 0 saturated carbocycles. The molecule has 0 bridgehead atoms. The molecule has 2 N–H and O–H groups in total. The smallest absolute Gasteiger partial charge is 0.328 e. The second kappa shape index (κ2) is 6.42. The number of carbonyl (C=O) groups is 2. The quantitative estimate of drug-likeness (QED) is 0.836. The molecule has 0 radical (unpaired) electrons. The number of amides is 1. The van der Waals surface area contributed by atoms with Crippen molar-refractivity contribution in [2.75, 3.05) is 0 Å². The predicted octanol–water partition coefficient (Wildman–Crippen LogP) is 1.24. The van der Waals surface area contributed by atoms with Gasteiger partial charge >= 0.3 is 5.97 Å². The Labute approximate surface area is 127 Å². The van der Waals surface area contributed by atoms with Crippen LogP contribution in [0.25, 0.3) is 0 Å². The maximum Gasteiger partial charge on any atom is 0.328 e. The van der Waals surface area contributed by atoms with Gasteiger partial charge in [0, 0.05) is 18.9 Å². The van der Waals surface area contributed by atoms with Gasteiger partial charge < -0.3 is 10.4 Å². The Morgan fingerprint density at radius 2 is 2.09 bits per heavy atom. The predicted molar refractivity (Wildman–Crippen MR) is 78.4 cm³/mol. The Balaban J connectivity index is 2.08. The number of nitrogens with one attached hydrogen (secondary N) is 1. The van der Waals surface area contributed by atoms with Gasteiger partial charge in [0.25, 0.3) is 5.91 Å². The first-order valence-electron chi connectivity index (χ1n) is 7.03. The number of aryl methyl sites for hydroxylation is 1. The first-order chi connectivity index (χ1) is 10.4. The van der Waals surface area contributed by atoms with Gasteiger partial charge in [0.2, 0.25) is 0 Å². The summed E-state index contributed by atoms with van der Waals surface area (Å²) in [6.07, 6.45) is 4.48. The SMILES string of the molecule is CCn1nccc1C(C)NC(=O)c1cnn(C(C)C(=O)O)c1. The van der Waals surface area contributed by atoms with Crippen LogP contribution in [-0.2, 0) is 11.3 Å². The van der Waals surface area contributed by atoms with Gasteiger partial charge in [-0.05, 0) is 26.8 Å². The van der Waals surface area contributed by atoms with Gasteiger partial charge in [-0.15, -0.1) is 0 Å². The molecular weight excluding hydrogens is 286 g/mol. The number of carboxylic acid groups (broad SMARTS) is 1. The summed E-state index contributed by atoms with van der Waals surface area (Å²) in [5.41, 5.74) is 1.23. The van der Waals surface area contributed by atoms with Crippen molar-refractivity contribution in [2.24, 2.45) is 0 Å². The number of hydrogen-bond donors (Lipinski definition) is 2. The summed E-state index contributed by atoms with van der Waals surface area (Å²) in [7, 11) is 0. The van der Waals surface area contributed by atoms with Crippen molar-refractivity contribution >= 4 is 11.9 Å². The minimum absolute atomic E-state index is 0.213. The molecule has 0 aliphatic rings. The molecule has 2 heterocycles. The number of hydrogen-bond acceptors (Lipinski definition) is 4. The fourth-order valence-corrected chi connectivity index (χ4v) is 2.11. The molecule has 0 fully saturated rings. The van der Waals surface area contributed by atoms with Gasteiger partial charge in [-0.25, -0.2) is 4.79 Å². The third-order valence-electron chi connectivity index (χ3n) is 3.46. The summed E-state index contributed by atoms with van der Waals surface area (Å²) in [6, 6.07) is 0.820. The first kappa shape index (κ1) is 15.7.